The number of nitrogens with one attached hydrogen (secondary N) is 1. The third kappa shape index (κ3) is 2.39. The fraction of sp³-hybridized carbons (Fsp3) is 0.333. The van der Waals surface area contributed by atoms with Crippen LogP contribution in [-0.4, -0.2) is 9.97 Å². The minimum atomic E-state index is 0.257. The highest BCUT2D eigenvalue weighted by atomic mass is 32.1. The lowest BCUT2D eigenvalue weighted by Crippen LogP contribution is -2.06. The van der Waals surface area contributed by atoms with Gasteiger partial charge < -0.3 is 5.32 Å². The van der Waals surface area contributed by atoms with Crippen molar-refractivity contribution in [2.24, 2.45) is 0 Å². The van der Waals surface area contributed by atoms with Gasteiger partial charge in [0, 0.05) is 17.3 Å². The zero-order valence-electron chi connectivity index (χ0n) is 9.69. The third-order valence-electron chi connectivity index (χ3n) is 2.57. The van der Waals surface area contributed by atoms with Crippen molar-refractivity contribution in [2.45, 2.75) is 26.8 Å². The zero-order valence-corrected chi connectivity index (χ0v) is 10.5. The highest BCUT2D eigenvalue weighted by molar-refractivity contribution is 7.15. The van der Waals surface area contributed by atoms with Crippen molar-refractivity contribution in [1.29, 1.82) is 0 Å². The van der Waals surface area contributed by atoms with E-state index in [0.29, 0.717) is 0 Å². The third-order valence-corrected chi connectivity index (χ3v) is 3.58. The maximum atomic E-state index is 4.47. The molecule has 84 valence electrons. The first-order valence-electron chi connectivity index (χ1n) is 5.27. The normalized spacial score (nSPS) is 12.4. The second-order valence-electron chi connectivity index (χ2n) is 3.81. The maximum Gasteiger partial charge on any atom is 0.183 e. The molecule has 2 aromatic heterocycles. The Bertz CT molecular complexity index is 445. The molecule has 0 saturated heterocycles. The van der Waals surface area contributed by atoms with Crippen molar-refractivity contribution in [2.75, 3.05) is 5.32 Å². The second kappa shape index (κ2) is 4.61. The number of aryl methyl sites for hydroxylation is 2. The molecule has 0 aliphatic rings. The van der Waals surface area contributed by atoms with E-state index in [1.165, 1.54) is 10.4 Å². The standard InChI is InChI=1S/C12H15N3S/c1-8-10(3)16-12(14-8)15-9(2)11-4-6-13-7-5-11/h4-7,9H,1-3H3,(H,14,15). The SMILES string of the molecule is Cc1nc(NC(C)c2ccncc2)sc1C. The van der Waals surface area contributed by atoms with Crippen molar-refractivity contribution in [3.05, 3.63) is 40.7 Å². The molecule has 0 aliphatic carbocycles. The number of pyridine rings is 1. The summed E-state index contributed by atoms with van der Waals surface area (Å²) in [7, 11) is 0. The number of hydrogen-bond donors (Lipinski definition) is 1. The molecule has 1 atom stereocenters. The summed E-state index contributed by atoms with van der Waals surface area (Å²) < 4.78 is 0. The van der Waals surface area contributed by atoms with Crippen molar-refractivity contribution >= 4 is 16.5 Å². The van der Waals surface area contributed by atoms with Gasteiger partial charge in [-0.05, 0) is 38.5 Å². The first-order valence-corrected chi connectivity index (χ1v) is 6.09. The van der Waals surface area contributed by atoms with E-state index in [1.54, 1.807) is 11.3 Å². The summed E-state index contributed by atoms with van der Waals surface area (Å²) in [6, 6.07) is 4.30. The predicted octanol–water partition coefficient (Wildman–Crippen LogP) is 3.33. The van der Waals surface area contributed by atoms with Gasteiger partial charge in [0.1, 0.15) is 0 Å². The van der Waals surface area contributed by atoms with E-state index in [9.17, 15) is 0 Å². The highest BCUT2D eigenvalue weighted by Gasteiger charge is 2.08. The van der Waals surface area contributed by atoms with Crippen molar-refractivity contribution in [3.8, 4) is 0 Å². The van der Waals surface area contributed by atoms with Crippen LogP contribution in [0, 0.1) is 13.8 Å². The van der Waals surface area contributed by atoms with Gasteiger partial charge in [0.25, 0.3) is 0 Å². The lowest BCUT2D eigenvalue weighted by molar-refractivity contribution is 0.876. The van der Waals surface area contributed by atoms with Gasteiger partial charge in [-0.3, -0.25) is 4.98 Å². The van der Waals surface area contributed by atoms with Gasteiger partial charge in [0.15, 0.2) is 5.13 Å². The number of aromatic nitrogens is 2. The Kier molecular flexibility index (Phi) is 3.19. The van der Waals surface area contributed by atoms with Gasteiger partial charge in [-0.2, -0.15) is 0 Å². The first kappa shape index (κ1) is 11.1. The van der Waals surface area contributed by atoms with Crippen LogP contribution in [0.4, 0.5) is 5.13 Å². The quantitative estimate of drug-likeness (QED) is 0.883. The molecule has 2 rings (SSSR count). The van der Waals surface area contributed by atoms with Crippen molar-refractivity contribution in [1.82, 2.24) is 9.97 Å². The van der Waals surface area contributed by atoms with E-state index in [-0.39, 0.29) is 6.04 Å². The Hall–Kier alpha value is -1.42. The average molecular weight is 233 g/mol. The Morgan fingerprint density at radius 3 is 2.50 bits per heavy atom. The van der Waals surface area contributed by atoms with Crippen molar-refractivity contribution in [3.63, 3.8) is 0 Å². The Balaban J connectivity index is 2.11. The first-order chi connectivity index (χ1) is 7.66. The topological polar surface area (TPSA) is 37.8 Å². The van der Waals surface area contributed by atoms with Gasteiger partial charge in [0.2, 0.25) is 0 Å². The monoisotopic (exact) mass is 233 g/mol. The summed E-state index contributed by atoms with van der Waals surface area (Å²) in [6.45, 7) is 6.25. The molecule has 2 aromatic rings. The summed E-state index contributed by atoms with van der Waals surface area (Å²) in [5.41, 5.74) is 2.33. The predicted molar refractivity (Wildman–Crippen MR) is 67.9 cm³/mol. The van der Waals surface area contributed by atoms with E-state index in [1.807, 2.05) is 31.5 Å². The summed E-state index contributed by atoms with van der Waals surface area (Å²) in [6.07, 6.45) is 3.62. The minimum absolute atomic E-state index is 0.257. The lowest BCUT2D eigenvalue weighted by Gasteiger charge is -2.12. The van der Waals surface area contributed by atoms with Gasteiger partial charge >= 0.3 is 0 Å². The molecule has 0 spiro atoms. The smallest absolute Gasteiger partial charge is 0.183 e. The van der Waals surface area contributed by atoms with E-state index >= 15 is 0 Å². The lowest BCUT2D eigenvalue weighted by atomic mass is 10.1. The van der Waals surface area contributed by atoms with Crippen LogP contribution in [0.2, 0.25) is 0 Å². The fourth-order valence-corrected chi connectivity index (χ4v) is 2.36. The molecule has 4 heteroatoms. The largest absolute Gasteiger partial charge is 0.355 e. The van der Waals surface area contributed by atoms with Gasteiger partial charge in [0.05, 0.1) is 11.7 Å². The molecular weight excluding hydrogens is 218 g/mol. The molecular formula is C12H15N3S. The molecule has 0 aliphatic heterocycles. The Morgan fingerprint density at radius 2 is 1.94 bits per heavy atom. The Labute approximate surface area is 99.6 Å². The van der Waals surface area contributed by atoms with Crippen LogP contribution < -0.4 is 5.32 Å². The highest BCUT2D eigenvalue weighted by Crippen LogP contribution is 2.25. The van der Waals surface area contributed by atoms with E-state index < -0.39 is 0 Å². The molecule has 1 N–H and O–H groups in total. The molecule has 0 aromatic carbocycles. The summed E-state index contributed by atoms with van der Waals surface area (Å²) in [4.78, 5) is 9.75. The molecule has 3 nitrogen and oxygen atoms in total. The van der Waals surface area contributed by atoms with Crippen molar-refractivity contribution < 1.29 is 0 Å². The Morgan fingerprint density at radius 1 is 1.25 bits per heavy atom. The second-order valence-corrected chi connectivity index (χ2v) is 5.01. The maximum absolute atomic E-state index is 4.47. The van der Waals surface area contributed by atoms with Crippen LogP contribution in [-0.2, 0) is 0 Å². The summed E-state index contributed by atoms with van der Waals surface area (Å²) >= 11 is 1.70. The van der Waals surface area contributed by atoms with Gasteiger partial charge in [-0.25, -0.2) is 4.98 Å². The number of hydrogen-bond acceptors (Lipinski definition) is 4. The van der Waals surface area contributed by atoms with Crippen LogP contribution in [0.3, 0.4) is 0 Å². The molecule has 0 saturated carbocycles. The number of anilines is 1. The molecule has 0 radical (unpaired) electrons. The summed E-state index contributed by atoms with van der Waals surface area (Å²) in [5, 5.41) is 4.38. The fourth-order valence-electron chi connectivity index (χ4n) is 1.46. The number of rotatable bonds is 3. The molecule has 0 fully saturated rings. The van der Waals surface area contributed by atoms with Crippen LogP contribution in [0.5, 0.6) is 0 Å². The van der Waals surface area contributed by atoms with E-state index in [4.69, 9.17) is 0 Å². The van der Waals surface area contributed by atoms with Crippen LogP contribution in [0.25, 0.3) is 0 Å². The molecule has 0 bridgehead atoms. The summed E-state index contributed by atoms with van der Waals surface area (Å²) in [5.74, 6) is 0. The van der Waals surface area contributed by atoms with E-state index in [0.717, 1.165) is 10.8 Å². The molecule has 0 amide bonds. The van der Waals surface area contributed by atoms with Crippen LogP contribution in [0.15, 0.2) is 24.5 Å². The molecule has 2 heterocycles. The number of nitrogens with zero attached hydrogens (tertiary/aromatic N) is 2. The van der Waals surface area contributed by atoms with Gasteiger partial charge in [-0.15, -0.1) is 11.3 Å². The molecule has 1 unspecified atom stereocenters. The van der Waals surface area contributed by atoms with Gasteiger partial charge in [-0.1, -0.05) is 0 Å². The zero-order chi connectivity index (χ0) is 11.5. The van der Waals surface area contributed by atoms with Crippen LogP contribution >= 0.6 is 11.3 Å². The average Bonchev–Trinajstić information content (AvgIpc) is 2.59. The molecule has 16 heavy (non-hydrogen) atoms. The van der Waals surface area contributed by atoms with Crippen LogP contribution in [0.1, 0.15) is 29.1 Å². The minimum Gasteiger partial charge on any atom is -0.355 e. The van der Waals surface area contributed by atoms with E-state index in [2.05, 4.69) is 29.1 Å². The number of thiazole rings is 1.